The average molecular weight is 360 g/mol. The number of amides is 2. The average Bonchev–Trinajstić information content (AvgIpc) is 2.37. The lowest BCUT2D eigenvalue weighted by Crippen LogP contribution is -2.37. The number of carbonyl (C=O) groups is 2. The molecule has 0 aromatic heterocycles. The maximum atomic E-state index is 11.8. The Morgan fingerprint density at radius 2 is 1.94 bits per heavy atom. The van der Waals surface area contributed by atoms with Crippen LogP contribution in [0.5, 0.6) is 0 Å². The molecule has 0 atom stereocenters. The van der Waals surface area contributed by atoms with Gasteiger partial charge in [-0.1, -0.05) is 25.5 Å². The van der Waals surface area contributed by atoms with Crippen molar-refractivity contribution in [3.63, 3.8) is 0 Å². The van der Waals surface area contributed by atoms with Crippen molar-refractivity contribution >= 4 is 34.4 Å². The second-order valence-electron chi connectivity index (χ2n) is 3.87. The highest BCUT2D eigenvalue weighted by atomic mass is 127. The van der Waals surface area contributed by atoms with Crippen LogP contribution in [0.2, 0.25) is 0 Å². The van der Waals surface area contributed by atoms with Gasteiger partial charge in [0.25, 0.3) is 5.91 Å². The van der Waals surface area contributed by atoms with Gasteiger partial charge >= 0.3 is 0 Å². The molecule has 0 heterocycles. The first-order valence-corrected chi connectivity index (χ1v) is 7.02. The van der Waals surface area contributed by atoms with Gasteiger partial charge in [-0.15, -0.1) is 0 Å². The summed E-state index contributed by atoms with van der Waals surface area (Å²) in [7, 11) is 0. The fourth-order valence-electron chi connectivity index (χ4n) is 1.37. The molecule has 4 nitrogen and oxygen atoms in total. The lowest BCUT2D eigenvalue weighted by atomic mass is 10.2. The molecule has 18 heavy (non-hydrogen) atoms. The largest absolute Gasteiger partial charge is 0.355 e. The molecule has 5 heteroatoms. The minimum Gasteiger partial charge on any atom is -0.355 e. The predicted molar refractivity (Wildman–Crippen MR) is 79.4 cm³/mol. The zero-order valence-corrected chi connectivity index (χ0v) is 12.5. The standard InChI is InChI=1S/C13H17IN2O2/c1-2-3-8-15-12(17)9-16-13(18)10-6-4-5-7-11(10)14/h4-7H,2-3,8-9H2,1H3,(H,15,17)(H,16,18). The quantitative estimate of drug-likeness (QED) is 0.602. The van der Waals surface area contributed by atoms with Crippen molar-refractivity contribution in [2.24, 2.45) is 0 Å². The predicted octanol–water partition coefficient (Wildman–Crippen LogP) is 1.94. The van der Waals surface area contributed by atoms with Crippen LogP contribution in [-0.4, -0.2) is 24.9 Å². The van der Waals surface area contributed by atoms with Crippen LogP contribution < -0.4 is 10.6 Å². The van der Waals surface area contributed by atoms with Crippen LogP contribution in [0.25, 0.3) is 0 Å². The highest BCUT2D eigenvalue weighted by molar-refractivity contribution is 14.1. The van der Waals surface area contributed by atoms with Crippen molar-refractivity contribution < 1.29 is 9.59 Å². The number of hydrogen-bond donors (Lipinski definition) is 2. The summed E-state index contributed by atoms with van der Waals surface area (Å²) in [4.78, 5) is 23.2. The third-order valence-electron chi connectivity index (χ3n) is 2.38. The molecule has 1 aromatic carbocycles. The summed E-state index contributed by atoms with van der Waals surface area (Å²) in [5.74, 6) is -0.367. The van der Waals surface area contributed by atoms with Crippen LogP contribution in [0.4, 0.5) is 0 Å². The molecule has 2 amide bonds. The van der Waals surface area contributed by atoms with Crippen LogP contribution in [-0.2, 0) is 4.79 Å². The summed E-state index contributed by atoms with van der Waals surface area (Å²) in [6, 6.07) is 7.28. The van der Waals surface area contributed by atoms with Gasteiger partial charge in [-0.05, 0) is 41.1 Å². The first kappa shape index (κ1) is 14.9. The van der Waals surface area contributed by atoms with E-state index in [1.54, 1.807) is 12.1 Å². The van der Waals surface area contributed by atoms with Crippen molar-refractivity contribution in [3.8, 4) is 0 Å². The van der Waals surface area contributed by atoms with Gasteiger partial charge in [0.1, 0.15) is 0 Å². The minimum atomic E-state index is -0.217. The molecule has 0 unspecified atom stereocenters. The second kappa shape index (κ2) is 8.07. The lowest BCUT2D eigenvalue weighted by Gasteiger charge is -2.07. The molecule has 0 aliphatic carbocycles. The molecule has 0 radical (unpaired) electrons. The van der Waals surface area contributed by atoms with Crippen molar-refractivity contribution in [1.82, 2.24) is 10.6 Å². The zero-order valence-electron chi connectivity index (χ0n) is 10.3. The molecule has 0 saturated heterocycles. The molecular weight excluding hydrogens is 343 g/mol. The van der Waals surface area contributed by atoms with Crippen LogP contribution in [0.3, 0.4) is 0 Å². The fraction of sp³-hybridized carbons (Fsp3) is 0.385. The number of halogens is 1. The molecule has 0 aliphatic heterocycles. The number of carbonyl (C=O) groups excluding carboxylic acids is 2. The second-order valence-corrected chi connectivity index (χ2v) is 5.03. The number of unbranched alkanes of at least 4 members (excludes halogenated alkanes) is 1. The zero-order chi connectivity index (χ0) is 13.4. The van der Waals surface area contributed by atoms with Crippen molar-refractivity contribution in [1.29, 1.82) is 0 Å². The van der Waals surface area contributed by atoms with Crippen LogP contribution in [0.15, 0.2) is 24.3 Å². The Hall–Kier alpha value is -1.11. The van der Waals surface area contributed by atoms with Gasteiger partial charge in [-0.3, -0.25) is 9.59 Å². The van der Waals surface area contributed by atoms with E-state index in [1.807, 2.05) is 12.1 Å². The summed E-state index contributed by atoms with van der Waals surface area (Å²) in [6.45, 7) is 2.74. The maximum absolute atomic E-state index is 11.8. The van der Waals surface area contributed by atoms with E-state index in [0.717, 1.165) is 16.4 Å². The molecule has 98 valence electrons. The Kier molecular flexibility index (Phi) is 6.70. The van der Waals surface area contributed by atoms with E-state index in [4.69, 9.17) is 0 Å². The normalized spacial score (nSPS) is 9.89. The lowest BCUT2D eigenvalue weighted by molar-refractivity contribution is -0.120. The number of hydrogen-bond acceptors (Lipinski definition) is 2. The highest BCUT2D eigenvalue weighted by Gasteiger charge is 2.10. The summed E-state index contributed by atoms with van der Waals surface area (Å²) < 4.78 is 0.874. The van der Waals surface area contributed by atoms with Crippen LogP contribution in [0.1, 0.15) is 30.1 Å². The van der Waals surface area contributed by atoms with Gasteiger partial charge in [-0.2, -0.15) is 0 Å². The molecule has 2 N–H and O–H groups in total. The van der Waals surface area contributed by atoms with Crippen LogP contribution >= 0.6 is 22.6 Å². The Labute approximate surface area is 121 Å². The van der Waals surface area contributed by atoms with E-state index in [9.17, 15) is 9.59 Å². The summed E-state index contributed by atoms with van der Waals surface area (Å²) >= 11 is 2.10. The molecular formula is C13H17IN2O2. The summed E-state index contributed by atoms with van der Waals surface area (Å²) in [5, 5.41) is 5.36. The van der Waals surface area contributed by atoms with E-state index in [-0.39, 0.29) is 18.4 Å². The van der Waals surface area contributed by atoms with Crippen molar-refractivity contribution in [2.75, 3.05) is 13.1 Å². The first-order chi connectivity index (χ1) is 8.65. The molecule has 0 aliphatic rings. The minimum absolute atomic E-state index is 0.0214. The summed E-state index contributed by atoms with van der Waals surface area (Å²) in [5.41, 5.74) is 0.597. The Morgan fingerprint density at radius 1 is 1.22 bits per heavy atom. The Balaban J connectivity index is 2.38. The number of nitrogens with one attached hydrogen (secondary N) is 2. The Bertz CT molecular complexity index is 421. The smallest absolute Gasteiger partial charge is 0.252 e. The molecule has 0 bridgehead atoms. The van der Waals surface area contributed by atoms with E-state index >= 15 is 0 Å². The van der Waals surface area contributed by atoms with Gasteiger partial charge in [0.2, 0.25) is 5.91 Å². The van der Waals surface area contributed by atoms with Gasteiger partial charge in [0, 0.05) is 10.1 Å². The van der Waals surface area contributed by atoms with E-state index < -0.39 is 0 Å². The van der Waals surface area contributed by atoms with Crippen LogP contribution in [0, 0.1) is 3.57 Å². The molecule has 0 fully saturated rings. The first-order valence-electron chi connectivity index (χ1n) is 5.94. The molecule has 0 saturated carbocycles. The number of rotatable bonds is 6. The number of benzene rings is 1. The van der Waals surface area contributed by atoms with Gasteiger partial charge in [-0.25, -0.2) is 0 Å². The van der Waals surface area contributed by atoms with E-state index in [0.29, 0.717) is 12.1 Å². The molecule has 1 aromatic rings. The monoisotopic (exact) mass is 360 g/mol. The fourth-order valence-corrected chi connectivity index (χ4v) is 2.00. The SMILES string of the molecule is CCCCNC(=O)CNC(=O)c1ccccc1I. The van der Waals surface area contributed by atoms with Crippen molar-refractivity contribution in [2.45, 2.75) is 19.8 Å². The van der Waals surface area contributed by atoms with Gasteiger partial charge < -0.3 is 10.6 Å². The van der Waals surface area contributed by atoms with Gasteiger partial charge in [0.05, 0.1) is 12.1 Å². The molecule has 0 spiro atoms. The van der Waals surface area contributed by atoms with E-state index in [2.05, 4.69) is 40.1 Å². The molecule has 1 rings (SSSR count). The van der Waals surface area contributed by atoms with Crippen molar-refractivity contribution in [3.05, 3.63) is 33.4 Å². The Morgan fingerprint density at radius 3 is 2.61 bits per heavy atom. The highest BCUT2D eigenvalue weighted by Crippen LogP contribution is 2.10. The van der Waals surface area contributed by atoms with E-state index in [1.165, 1.54) is 0 Å². The third kappa shape index (κ3) is 5.03. The topological polar surface area (TPSA) is 58.2 Å². The third-order valence-corrected chi connectivity index (χ3v) is 3.32. The van der Waals surface area contributed by atoms with Gasteiger partial charge in [0.15, 0.2) is 0 Å². The summed E-state index contributed by atoms with van der Waals surface area (Å²) in [6.07, 6.45) is 1.99. The maximum Gasteiger partial charge on any atom is 0.252 e.